The number of fused-ring (bicyclic) bond motifs is 1. The average Bonchev–Trinajstić information content (AvgIpc) is 3.36. The first kappa shape index (κ1) is 27.4. The summed E-state index contributed by atoms with van der Waals surface area (Å²) in [5.41, 5.74) is 1.95. The molecule has 0 saturated heterocycles. The maximum atomic E-state index is 13.7. The van der Waals surface area contributed by atoms with E-state index in [0.29, 0.717) is 23.1 Å². The van der Waals surface area contributed by atoms with Crippen molar-refractivity contribution in [3.63, 3.8) is 0 Å². The van der Waals surface area contributed by atoms with Gasteiger partial charge in [-0.3, -0.25) is 4.79 Å². The van der Waals surface area contributed by atoms with E-state index in [4.69, 9.17) is 21.1 Å². The number of halogens is 1. The van der Waals surface area contributed by atoms with Crippen LogP contribution in [0, 0.1) is 6.92 Å². The van der Waals surface area contributed by atoms with Crippen LogP contribution >= 0.6 is 22.9 Å². The predicted molar refractivity (Wildman–Crippen MR) is 146 cm³/mol. The van der Waals surface area contributed by atoms with Crippen LogP contribution in [0.25, 0.3) is 0 Å². The summed E-state index contributed by atoms with van der Waals surface area (Å²) >= 11 is 7.81. The number of nitrogens with zero attached hydrogens (tertiary/aromatic N) is 2. The Balaban J connectivity index is 1.56. The number of hydrogen-bond donors (Lipinski definition) is 0. The molecule has 37 heavy (non-hydrogen) atoms. The van der Waals surface area contributed by atoms with E-state index in [1.54, 1.807) is 54.3 Å². The molecule has 10 heteroatoms. The van der Waals surface area contributed by atoms with Gasteiger partial charge in [0.2, 0.25) is 15.9 Å². The highest BCUT2D eigenvalue weighted by Gasteiger charge is 2.36. The molecule has 1 amide bonds. The zero-order valence-electron chi connectivity index (χ0n) is 21.3. The SMILES string of the molecule is COc1ccc(S(=O)(=O)N(CC(=O)N2CCc3sccc3[C@@H]2COc2ccc(Cl)c(C)c2)C(C)C)cc1. The number of sulfonamides is 1. The molecule has 1 aliphatic heterocycles. The van der Waals surface area contributed by atoms with Gasteiger partial charge in [0, 0.05) is 22.5 Å². The average molecular weight is 563 g/mol. The Hall–Kier alpha value is -2.59. The highest BCUT2D eigenvalue weighted by molar-refractivity contribution is 7.89. The molecule has 0 N–H and O–H groups in total. The molecule has 1 aliphatic rings. The number of methoxy groups -OCH3 is 1. The zero-order chi connectivity index (χ0) is 26.7. The summed E-state index contributed by atoms with van der Waals surface area (Å²) in [4.78, 5) is 16.8. The van der Waals surface area contributed by atoms with Crippen LogP contribution in [-0.4, -0.2) is 56.4 Å². The number of benzene rings is 2. The normalized spacial score (nSPS) is 15.6. The summed E-state index contributed by atoms with van der Waals surface area (Å²) in [5, 5.41) is 2.68. The van der Waals surface area contributed by atoms with Gasteiger partial charge in [-0.05, 0) is 92.2 Å². The predicted octanol–water partition coefficient (Wildman–Crippen LogP) is 5.32. The van der Waals surface area contributed by atoms with Gasteiger partial charge in [-0.25, -0.2) is 8.42 Å². The molecule has 0 bridgehead atoms. The summed E-state index contributed by atoms with van der Waals surface area (Å²) in [5.74, 6) is 0.968. The van der Waals surface area contributed by atoms with Crippen molar-refractivity contribution < 1.29 is 22.7 Å². The van der Waals surface area contributed by atoms with Gasteiger partial charge in [0.15, 0.2) is 0 Å². The highest BCUT2D eigenvalue weighted by Crippen LogP contribution is 2.35. The number of aryl methyl sites for hydroxylation is 1. The number of thiophene rings is 1. The van der Waals surface area contributed by atoms with Gasteiger partial charge in [0.1, 0.15) is 18.1 Å². The summed E-state index contributed by atoms with van der Waals surface area (Å²) in [6, 6.07) is 12.9. The Morgan fingerprint density at radius 3 is 2.51 bits per heavy atom. The van der Waals surface area contributed by atoms with Crippen LogP contribution in [0.1, 0.15) is 35.9 Å². The zero-order valence-corrected chi connectivity index (χ0v) is 23.7. The van der Waals surface area contributed by atoms with Crippen LogP contribution < -0.4 is 9.47 Å². The van der Waals surface area contributed by atoms with Crippen LogP contribution in [0.4, 0.5) is 0 Å². The Labute approximate surface area is 227 Å². The molecule has 1 aromatic heterocycles. The molecule has 198 valence electrons. The molecule has 0 unspecified atom stereocenters. The Bertz CT molecular complexity index is 1360. The molecule has 2 heterocycles. The van der Waals surface area contributed by atoms with Crippen molar-refractivity contribution in [3.8, 4) is 11.5 Å². The molecule has 0 aliphatic carbocycles. The fourth-order valence-electron chi connectivity index (χ4n) is 4.41. The lowest BCUT2D eigenvalue weighted by molar-refractivity contribution is -0.135. The fourth-order valence-corrected chi connectivity index (χ4v) is 7.04. The minimum Gasteiger partial charge on any atom is -0.497 e. The molecular weight excluding hydrogens is 532 g/mol. The van der Waals surface area contributed by atoms with Crippen molar-refractivity contribution >= 4 is 38.9 Å². The van der Waals surface area contributed by atoms with E-state index in [2.05, 4.69) is 0 Å². The monoisotopic (exact) mass is 562 g/mol. The second kappa shape index (κ2) is 11.4. The topological polar surface area (TPSA) is 76.2 Å². The third-order valence-electron chi connectivity index (χ3n) is 6.49. The number of hydrogen-bond acceptors (Lipinski definition) is 6. The van der Waals surface area contributed by atoms with E-state index in [-0.39, 0.29) is 30.0 Å². The van der Waals surface area contributed by atoms with Gasteiger partial charge in [-0.1, -0.05) is 11.6 Å². The lowest BCUT2D eigenvalue weighted by Crippen LogP contribution is -2.49. The molecule has 1 atom stereocenters. The van der Waals surface area contributed by atoms with Crippen molar-refractivity contribution in [1.29, 1.82) is 0 Å². The second-order valence-corrected chi connectivity index (χ2v) is 12.5. The van der Waals surface area contributed by atoms with Crippen molar-refractivity contribution in [2.45, 2.75) is 44.2 Å². The van der Waals surface area contributed by atoms with Crippen molar-refractivity contribution in [3.05, 3.63) is 74.9 Å². The number of rotatable bonds is 9. The molecule has 3 aromatic rings. The van der Waals surface area contributed by atoms with Crippen LogP contribution in [0.5, 0.6) is 11.5 Å². The quantitative estimate of drug-likeness (QED) is 0.353. The molecule has 4 rings (SSSR count). The number of carbonyl (C=O) groups is 1. The molecule has 2 aromatic carbocycles. The number of amides is 1. The summed E-state index contributed by atoms with van der Waals surface area (Å²) < 4.78 is 39.5. The fraction of sp³-hybridized carbons (Fsp3) is 0.370. The minimum atomic E-state index is -3.90. The molecule has 0 saturated carbocycles. The summed E-state index contributed by atoms with van der Waals surface area (Å²) in [7, 11) is -2.38. The van der Waals surface area contributed by atoms with Crippen LogP contribution in [0.2, 0.25) is 5.02 Å². The standard InChI is InChI=1S/C27H31ClN2O5S2/c1-18(2)30(37(32,33)22-8-5-20(34-4)6-9-22)16-27(31)29-13-11-26-23(12-14-36-26)25(29)17-35-21-7-10-24(28)19(3)15-21/h5-10,12,14-15,18,25H,11,13,16-17H2,1-4H3/t25-/m0/s1. The maximum Gasteiger partial charge on any atom is 0.243 e. The third-order valence-corrected chi connectivity index (χ3v) is 9.94. The molecule has 7 nitrogen and oxygen atoms in total. The lowest BCUT2D eigenvalue weighted by atomic mass is 10.0. The molecule has 0 radical (unpaired) electrons. The van der Waals surface area contributed by atoms with E-state index < -0.39 is 16.1 Å². The van der Waals surface area contributed by atoms with Gasteiger partial charge >= 0.3 is 0 Å². The van der Waals surface area contributed by atoms with Crippen LogP contribution in [0.3, 0.4) is 0 Å². The molecule has 0 spiro atoms. The number of carbonyl (C=O) groups excluding carboxylic acids is 1. The molecular formula is C27H31ClN2O5S2. The lowest BCUT2D eigenvalue weighted by Gasteiger charge is -2.37. The first-order valence-electron chi connectivity index (χ1n) is 12.0. The second-order valence-electron chi connectivity index (χ2n) is 9.19. The van der Waals surface area contributed by atoms with Crippen molar-refractivity contribution in [2.24, 2.45) is 0 Å². The third kappa shape index (κ3) is 5.95. The van der Waals surface area contributed by atoms with Crippen molar-refractivity contribution in [2.75, 3.05) is 26.8 Å². The van der Waals surface area contributed by atoms with Crippen molar-refractivity contribution in [1.82, 2.24) is 9.21 Å². The van der Waals surface area contributed by atoms with Gasteiger partial charge < -0.3 is 14.4 Å². The van der Waals surface area contributed by atoms with Gasteiger partial charge in [0.25, 0.3) is 0 Å². The van der Waals surface area contributed by atoms with E-state index in [1.807, 2.05) is 24.4 Å². The van der Waals surface area contributed by atoms with Crippen LogP contribution in [-0.2, 0) is 21.2 Å². The Morgan fingerprint density at radius 2 is 1.86 bits per heavy atom. The highest BCUT2D eigenvalue weighted by atomic mass is 35.5. The summed E-state index contributed by atoms with van der Waals surface area (Å²) in [6.07, 6.45) is 0.724. The van der Waals surface area contributed by atoms with E-state index in [1.165, 1.54) is 28.4 Å². The Kier molecular flexibility index (Phi) is 8.48. The van der Waals surface area contributed by atoms with E-state index in [9.17, 15) is 13.2 Å². The van der Waals surface area contributed by atoms with Gasteiger partial charge in [0.05, 0.1) is 24.6 Å². The van der Waals surface area contributed by atoms with E-state index >= 15 is 0 Å². The smallest absolute Gasteiger partial charge is 0.243 e. The van der Waals surface area contributed by atoms with E-state index in [0.717, 1.165) is 17.5 Å². The van der Waals surface area contributed by atoms with Gasteiger partial charge in [-0.15, -0.1) is 11.3 Å². The maximum absolute atomic E-state index is 13.7. The summed E-state index contributed by atoms with van der Waals surface area (Å²) in [6.45, 7) is 5.93. The number of ether oxygens (including phenoxy) is 2. The Morgan fingerprint density at radius 1 is 1.16 bits per heavy atom. The largest absolute Gasteiger partial charge is 0.497 e. The first-order chi connectivity index (χ1) is 17.6. The molecule has 0 fully saturated rings. The van der Waals surface area contributed by atoms with Gasteiger partial charge in [-0.2, -0.15) is 4.31 Å². The minimum absolute atomic E-state index is 0.117. The first-order valence-corrected chi connectivity index (χ1v) is 14.7. The van der Waals surface area contributed by atoms with Crippen LogP contribution in [0.15, 0.2) is 58.8 Å².